The average molecular weight is 279 g/mol. The van der Waals surface area contributed by atoms with Gasteiger partial charge in [0.05, 0.1) is 13.7 Å². The van der Waals surface area contributed by atoms with Gasteiger partial charge in [0.15, 0.2) is 5.82 Å². The van der Waals surface area contributed by atoms with Gasteiger partial charge in [-0.3, -0.25) is 0 Å². The first-order valence-electron chi connectivity index (χ1n) is 6.19. The molecule has 1 heterocycles. The molecule has 0 aliphatic carbocycles. The van der Waals surface area contributed by atoms with Gasteiger partial charge in [0.1, 0.15) is 24.2 Å². The molecule has 7 heteroatoms. The second-order valence-electron chi connectivity index (χ2n) is 4.12. The molecule has 108 valence electrons. The standard InChI is InChI=1S/C13H17N3O4/c1-18-11-2-4-12(5-3-11)19-8-10(17)6-14-7-13-15-9-20-16-13/h2-5,9-10,14,17H,6-8H2,1H3. The van der Waals surface area contributed by atoms with Gasteiger partial charge < -0.3 is 24.4 Å². The first-order chi connectivity index (χ1) is 9.78. The Morgan fingerprint density at radius 3 is 2.70 bits per heavy atom. The van der Waals surface area contributed by atoms with Crippen LogP contribution >= 0.6 is 0 Å². The Hall–Kier alpha value is -2.12. The van der Waals surface area contributed by atoms with E-state index in [4.69, 9.17) is 9.47 Å². The zero-order valence-corrected chi connectivity index (χ0v) is 11.2. The molecule has 0 aliphatic heterocycles. The third kappa shape index (κ3) is 4.52. The summed E-state index contributed by atoms with van der Waals surface area (Å²) >= 11 is 0. The molecule has 0 saturated carbocycles. The summed E-state index contributed by atoms with van der Waals surface area (Å²) in [6.07, 6.45) is 0.643. The van der Waals surface area contributed by atoms with Crippen molar-refractivity contribution >= 4 is 0 Å². The van der Waals surface area contributed by atoms with E-state index in [1.807, 2.05) is 0 Å². The number of aromatic nitrogens is 2. The van der Waals surface area contributed by atoms with Crippen LogP contribution in [-0.4, -0.2) is 41.6 Å². The summed E-state index contributed by atoms with van der Waals surface area (Å²) in [5.41, 5.74) is 0. The highest BCUT2D eigenvalue weighted by Gasteiger charge is 2.06. The van der Waals surface area contributed by atoms with Crippen molar-refractivity contribution in [2.75, 3.05) is 20.3 Å². The lowest BCUT2D eigenvalue weighted by Crippen LogP contribution is -2.31. The summed E-state index contributed by atoms with van der Waals surface area (Å²) in [5, 5.41) is 16.4. The van der Waals surface area contributed by atoms with Gasteiger partial charge in [0, 0.05) is 6.54 Å². The minimum absolute atomic E-state index is 0.200. The summed E-state index contributed by atoms with van der Waals surface area (Å²) in [6, 6.07) is 7.18. The molecule has 1 aromatic heterocycles. The molecule has 0 bridgehead atoms. The Bertz CT molecular complexity index is 487. The Kier molecular flexibility index (Phi) is 5.33. The zero-order chi connectivity index (χ0) is 14.2. The fraction of sp³-hybridized carbons (Fsp3) is 0.385. The molecule has 0 fully saturated rings. The maximum atomic E-state index is 9.76. The highest BCUT2D eigenvalue weighted by molar-refractivity contribution is 5.31. The van der Waals surface area contributed by atoms with Gasteiger partial charge >= 0.3 is 0 Å². The first-order valence-corrected chi connectivity index (χ1v) is 6.19. The molecule has 0 saturated heterocycles. The Balaban J connectivity index is 1.65. The van der Waals surface area contributed by atoms with Gasteiger partial charge in [-0.2, -0.15) is 4.98 Å². The SMILES string of the molecule is COc1ccc(OCC(O)CNCc2ncon2)cc1. The molecule has 2 rings (SSSR count). The molecule has 2 N–H and O–H groups in total. The van der Waals surface area contributed by atoms with Gasteiger partial charge in [-0.1, -0.05) is 5.16 Å². The summed E-state index contributed by atoms with van der Waals surface area (Å²) in [4.78, 5) is 3.86. The van der Waals surface area contributed by atoms with Crippen LogP contribution in [-0.2, 0) is 6.54 Å². The van der Waals surface area contributed by atoms with Crippen LogP contribution in [0.2, 0.25) is 0 Å². The van der Waals surface area contributed by atoms with Crippen LogP contribution in [0.4, 0.5) is 0 Å². The Morgan fingerprint density at radius 2 is 2.05 bits per heavy atom. The molecule has 0 spiro atoms. The maximum absolute atomic E-state index is 9.76. The van der Waals surface area contributed by atoms with E-state index in [1.54, 1.807) is 31.4 Å². The van der Waals surface area contributed by atoms with E-state index < -0.39 is 6.10 Å². The van der Waals surface area contributed by atoms with Crippen LogP contribution in [0.15, 0.2) is 35.2 Å². The van der Waals surface area contributed by atoms with E-state index in [2.05, 4.69) is 20.0 Å². The van der Waals surface area contributed by atoms with Crippen molar-refractivity contribution in [3.8, 4) is 11.5 Å². The van der Waals surface area contributed by atoms with Crippen LogP contribution in [0.3, 0.4) is 0 Å². The Labute approximate surface area is 116 Å². The molecule has 20 heavy (non-hydrogen) atoms. The monoisotopic (exact) mass is 279 g/mol. The summed E-state index contributed by atoms with van der Waals surface area (Å²) < 4.78 is 15.1. The van der Waals surface area contributed by atoms with Crippen LogP contribution in [0.5, 0.6) is 11.5 Å². The predicted octanol–water partition coefficient (Wildman–Crippen LogP) is 0.608. The van der Waals surface area contributed by atoms with Gasteiger partial charge in [-0.15, -0.1) is 0 Å². The Morgan fingerprint density at radius 1 is 1.30 bits per heavy atom. The number of aliphatic hydroxyl groups excluding tert-OH is 1. The molecule has 2 aromatic rings. The average Bonchev–Trinajstić information content (AvgIpc) is 2.99. The molecular weight excluding hydrogens is 262 g/mol. The number of hydrogen-bond acceptors (Lipinski definition) is 7. The normalized spacial score (nSPS) is 12.1. The number of nitrogens with zero attached hydrogens (tertiary/aromatic N) is 2. The number of benzene rings is 1. The molecular formula is C13H17N3O4. The smallest absolute Gasteiger partial charge is 0.213 e. The lowest BCUT2D eigenvalue weighted by Gasteiger charge is -2.12. The van der Waals surface area contributed by atoms with Gasteiger partial charge in [-0.05, 0) is 24.3 Å². The van der Waals surface area contributed by atoms with Gasteiger partial charge in [-0.25, -0.2) is 0 Å². The second-order valence-corrected chi connectivity index (χ2v) is 4.12. The highest BCUT2D eigenvalue weighted by atomic mass is 16.5. The van der Waals surface area contributed by atoms with Crippen LogP contribution in [0.1, 0.15) is 5.82 Å². The van der Waals surface area contributed by atoms with Crippen molar-refractivity contribution in [2.24, 2.45) is 0 Å². The number of hydrogen-bond donors (Lipinski definition) is 2. The highest BCUT2D eigenvalue weighted by Crippen LogP contribution is 2.16. The molecule has 0 amide bonds. The zero-order valence-electron chi connectivity index (χ0n) is 11.2. The molecule has 1 aromatic carbocycles. The minimum Gasteiger partial charge on any atom is -0.497 e. The van der Waals surface area contributed by atoms with Gasteiger partial charge in [0.25, 0.3) is 0 Å². The lowest BCUT2D eigenvalue weighted by atomic mass is 10.3. The first kappa shape index (κ1) is 14.3. The largest absolute Gasteiger partial charge is 0.497 e. The number of aliphatic hydroxyl groups is 1. The molecule has 7 nitrogen and oxygen atoms in total. The van der Waals surface area contributed by atoms with Crippen LogP contribution in [0, 0.1) is 0 Å². The number of ether oxygens (including phenoxy) is 2. The van der Waals surface area contributed by atoms with E-state index in [-0.39, 0.29) is 6.61 Å². The molecule has 0 aliphatic rings. The maximum Gasteiger partial charge on any atom is 0.213 e. The summed E-state index contributed by atoms with van der Waals surface area (Å²) in [5.74, 6) is 2.00. The van der Waals surface area contributed by atoms with Crippen molar-refractivity contribution < 1.29 is 19.1 Å². The van der Waals surface area contributed by atoms with E-state index in [0.717, 1.165) is 5.75 Å². The van der Waals surface area contributed by atoms with Crippen molar-refractivity contribution in [3.63, 3.8) is 0 Å². The molecule has 0 radical (unpaired) electrons. The van der Waals surface area contributed by atoms with Crippen molar-refractivity contribution in [2.45, 2.75) is 12.6 Å². The van der Waals surface area contributed by atoms with E-state index in [1.165, 1.54) is 6.39 Å². The topological polar surface area (TPSA) is 89.6 Å². The second kappa shape index (κ2) is 7.46. The van der Waals surface area contributed by atoms with Crippen molar-refractivity contribution in [1.29, 1.82) is 0 Å². The van der Waals surface area contributed by atoms with Crippen molar-refractivity contribution in [3.05, 3.63) is 36.5 Å². The minimum atomic E-state index is -0.621. The summed E-state index contributed by atoms with van der Waals surface area (Å²) in [6.45, 7) is 1.02. The fourth-order valence-electron chi connectivity index (χ4n) is 1.54. The number of nitrogens with one attached hydrogen (secondary N) is 1. The predicted molar refractivity (Wildman–Crippen MR) is 70.5 cm³/mol. The van der Waals surface area contributed by atoms with Gasteiger partial charge in [0.2, 0.25) is 6.39 Å². The number of methoxy groups -OCH3 is 1. The quantitative estimate of drug-likeness (QED) is 0.731. The van der Waals surface area contributed by atoms with Crippen molar-refractivity contribution in [1.82, 2.24) is 15.5 Å². The fourth-order valence-corrected chi connectivity index (χ4v) is 1.54. The lowest BCUT2D eigenvalue weighted by molar-refractivity contribution is 0.106. The van der Waals surface area contributed by atoms with Crippen LogP contribution < -0.4 is 14.8 Å². The third-order valence-electron chi connectivity index (χ3n) is 2.57. The van der Waals surface area contributed by atoms with E-state index >= 15 is 0 Å². The van der Waals surface area contributed by atoms with E-state index in [9.17, 15) is 5.11 Å². The molecule has 1 atom stereocenters. The number of rotatable bonds is 8. The third-order valence-corrected chi connectivity index (χ3v) is 2.57. The van der Waals surface area contributed by atoms with E-state index in [0.29, 0.717) is 24.7 Å². The van der Waals surface area contributed by atoms with Crippen LogP contribution in [0.25, 0.3) is 0 Å². The molecule has 1 unspecified atom stereocenters. The summed E-state index contributed by atoms with van der Waals surface area (Å²) in [7, 11) is 1.61.